The van der Waals surface area contributed by atoms with Gasteiger partial charge in [0.15, 0.2) is 0 Å². The summed E-state index contributed by atoms with van der Waals surface area (Å²) in [7, 11) is 0. The Morgan fingerprint density at radius 1 is 0.783 bits per heavy atom. The SMILES string of the molecule is CSc1nnc2nc3c4ccccc4c4ccccc4c3nn12. The second-order valence-electron chi connectivity index (χ2n) is 5.30. The highest BCUT2D eigenvalue weighted by Crippen LogP contribution is 2.32. The van der Waals surface area contributed by atoms with Crippen molar-refractivity contribution in [2.24, 2.45) is 0 Å². The van der Waals surface area contributed by atoms with Crippen molar-refractivity contribution in [2.75, 3.05) is 6.26 Å². The van der Waals surface area contributed by atoms with Gasteiger partial charge in [-0.15, -0.1) is 10.2 Å². The van der Waals surface area contributed by atoms with Gasteiger partial charge in [0.2, 0.25) is 5.16 Å². The highest BCUT2D eigenvalue weighted by atomic mass is 32.2. The lowest BCUT2D eigenvalue weighted by Gasteiger charge is -2.08. The minimum atomic E-state index is 0.530. The first-order valence-electron chi connectivity index (χ1n) is 7.23. The van der Waals surface area contributed by atoms with Crippen molar-refractivity contribution in [2.45, 2.75) is 5.16 Å². The van der Waals surface area contributed by atoms with Crippen LogP contribution in [0.5, 0.6) is 0 Å². The van der Waals surface area contributed by atoms with Crippen LogP contribution >= 0.6 is 11.8 Å². The molecule has 3 aromatic carbocycles. The highest BCUT2D eigenvalue weighted by molar-refractivity contribution is 7.98. The average molecular weight is 317 g/mol. The molecule has 0 aliphatic rings. The van der Waals surface area contributed by atoms with Gasteiger partial charge in [-0.3, -0.25) is 0 Å². The first-order valence-corrected chi connectivity index (χ1v) is 8.46. The Bertz CT molecular complexity index is 1210. The fourth-order valence-electron chi connectivity index (χ4n) is 3.06. The maximum atomic E-state index is 4.80. The number of hydrogen-bond donors (Lipinski definition) is 0. The molecule has 0 spiro atoms. The zero-order valence-electron chi connectivity index (χ0n) is 12.3. The van der Waals surface area contributed by atoms with E-state index in [-0.39, 0.29) is 0 Å². The Hall–Kier alpha value is -2.73. The molecule has 5 rings (SSSR count). The Balaban J connectivity index is 2.12. The molecule has 2 heterocycles. The van der Waals surface area contributed by atoms with E-state index in [1.54, 1.807) is 4.52 Å². The molecular weight excluding hydrogens is 306 g/mol. The normalized spacial score (nSPS) is 11.9. The Kier molecular flexibility index (Phi) is 2.57. The first kappa shape index (κ1) is 12.8. The van der Waals surface area contributed by atoms with E-state index in [0.29, 0.717) is 5.78 Å². The quantitative estimate of drug-likeness (QED) is 0.348. The third-order valence-corrected chi connectivity index (χ3v) is 4.69. The van der Waals surface area contributed by atoms with Crippen LogP contribution < -0.4 is 0 Å². The van der Waals surface area contributed by atoms with Crippen LogP contribution in [0.2, 0.25) is 0 Å². The van der Waals surface area contributed by atoms with Gasteiger partial charge in [0.1, 0.15) is 11.0 Å². The minimum absolute atomic E-state index is 0.530. The largest absolute Gasteiger partial charge is 0.273 e. The van der Waals surface area contributed by atoms with E-state index in [1.807, 2.05) is 18.4 Å². The molecule has 5 aromatic rings. The summed E-state index contributed by atoms with van der Waals surface area (Å²) in [6, 6.07) is 16.6. The maximum absolute atomic E-state index is 4.80. The molecule has 0 saturated carbocycles. The van der Waals surface area contributed by atoms with Crippen molar-refractivity contribution in [1.82, 2.24) is 24.8 Å². The molecule has 2 aromatic heterocycles. The summed E-state index contributed by atoms with van der Waals surface area (Å²) >= 11 is 1.51. The van der Waals surface area contributed by atoms with Crippen molar-refractivity contribution < 1.29 is 0 Å². The Morgan fingerprint density at radius 3 is 2.04 bits per heavy atom. The van der Waals surface area contributed by atoms with Gasteiger partial charge < -0.3 is 0 Å². The number of rotatable bonds is 1. The highest BCUT2D eigenvalue weighted by Gasteiger charge is 2.14. The molecule has 6 heteroatoms. The fourth-order valence-corrected chi connectivity index (χ4v) is 3.48. The molecule has 0 atom stereocenters. The van der Waals surface area contributed by atoms with Crippen LogP contribution in [0.3, 0.4) is 0 Å². The number of thioether (sulfide) groups is 1. The predicted molar refractivity (Wildman–Crippen MR) is 92.9 cm³/mol. The summed E-state index contributed by atoms with van der Waals surface area (Å²) < 4.78 is 1.72. The summed E-state index contributed by atoms with van der Waals surface area (Å²) in [6.07, 6.45) is 1.96. The number of hydrogen-bond acceptors (Lipinski definition) is 5. The van der Waals surface area contributed by atoms with E-state index in [9.17, 15) is 0 Å². The van der Waals surface area contributed by atoms with E-state index in [4.69, 9.17) is 10.1 Å². The smallest absolute Gasteiger partial charge is 0.207 e. The number of benzene rings is 3. The number of fused-ring (bicyclic) bond motifs is 7. The lowest BCUT2D eigenvalue weighted by atomic mass is 10.00. The zero-order chi connectivity index (χ0) is 15.4. The Morgan fingerprint density at radius 2 is 1.39 bits per heavy atom. The van der Waals surface area contributed by atoms with Crippen molar-refractivity contribution >= 4 is 50.1 Å². The van der Waals surface area contributed by atoms with Gasteiger partial charge in [-0.25, -0.2) is 4.98 Å². The molecule has 0 unspecified atom stereocenters. The second kappa shape index (κ2) is 4.63. The van der Waals surface area contributed by atoms with Gasteiger partial charge in [0, 0.05) is 10.8 Å². The third kappa shape index (κ3) is 1.69. The molecule has 0 aliphatic heterocycles. The molecule has 0 saturated heterocycles. The summed E-state index contributed by atoms with van der Waals surface area (Å²) in [4.78, 5) is 4.74. The summed E-state index contributed by atoms with van der Waals surface area (Å²) in [5.41, 5.74) is 1.74. The van der Waals surface area contributed by atoms with Crippen molar-refractivity contribution in [3.05, 3.63) is 48.5 Å². The van der Waals surface area contributed by atoms with E-state index in [0.717, 1.165) is 27.0 Å². The fraction of sp³-hybridized carbons (Fsp3) is 0.0588. The first-order chi connectivity index (χ1) is 11.4. The molecule has 0 N–H and O–H groups in total. The lowest BCUT2D eigenvalue weighted by molar-refractivity contribution is 0.821. The van der Waals surface area contributed by atoms with Gasteiger partial charge in [-0.05, 0) is 17.0 Å². The van der Waals surface area contributed by atoms with Crippen LogP contribution in [0.15, 0.2) is 53.7 Å². The minimum Gasteiger partial charge on any atom is -0.207 e. The second-order valence-corrected chi connectivity index (χ2v) is 6.07. The maximum Gasteiger partial charge on any atom is 0.273 e. The molecule has 5 nitrogen and oxygen atoms in total. The molecular formula is C17H11N5S. The van der Waals surface area contributed by atoms with E-state index in [2.05, 4.69) is 46.6 Å². The van der Waals surface area contributed by atoms with Crippen molar-refractivity contribution in [3.63, 3.8) is 0 Å². The van der Waals surface area contributed by atoms with Crippen LogP contribution in [-0.4, -0.2) is 31.1 Å². The van der Waals surface area contributed by atoms with Crippen molar-refractivity contribution in [3.8, 4) is 0 Å². The molecule has 0 aliphatic carbocycles. The van der Waals surface area contributed by atoms with Gasteiger partial charge in [-0.1, -0.05) is 60.3 Å². The topological polar surface area (TPSA) is 56.0 Å². The summed E-state index contributed by atoms with van der Waals surface area (Å²) in [5.74, 6) is 0.530. The molecule has 110 valence electrons. The molecule has 23 heavy (non-hydrogen) atoms. The van der Waals surface area contributed by atoms with Gasteiger partial charge in [0.05, 0.1) is 0 Å². The molecule has 0 amide bonds. The molecule has 0 bridgehead atoms. The van der Waals surface area contributed by atoms with Crippen LogP contribution in [0, 0.1) is 0 Å². The van der Waals surface area contributed by atoms with Crippen LogP contribution in [0.25, 0.3) is 38.4 Å². The Labute approximate surface area is 135 Å². The van der Waals surface area contributed by atoms with Gasteiger partial charge >= 0.3 is 0 Å². The molecule has 0 radical (unpaired) electrons. The van der Waals surface area contributed by atoms with Gasteiger partial charge in [-0.2, -0.15) is 9.61 Å². The van der Waals surface area contributed by atoms with Gasteiger partial charge in [0.25, 0.3) is 5.78 Å². The summed E-state index contributed by atoms with van der Waals surface area (Å²) in [5, 5.41) is 18.4. The van der Waals surface area contributed by atoms with Crippen LogP contribution in [0.1, 0.15) is 0 Å². The third-order valence-electron chi connectivity index (χ3n) is 4.07. The zero-order valence-corrected chi connectivity index (χ0v) is 13.1. The lowest BCUT2D eigenvalue weighted by Crippen LogP contribution is -1.99. The average Bonchev–Trinajstić information content (AvgIpc) is 3.02. The van der Waals surface area contributed by atoms with E-state index in [1.165, 1.54) is 22.5 Å². The van der Waals surface area contributed by atoms with Crippen LogP contribution in [0.4, 0.5) is 0 Å². The van der Waals surface area contributed by atoms with E-state index >= 15 is 0 Å². The van der Waals surface area contributed by atoms with Crippen molar-refractivity contribution in [1.29, 1.82) is 0 Å². The van der Waals surface area contributed by atoms with E-state index < -0.39 is 0 Å². The number of nitrogens with zero attached hydrogens (tertiary/aromatic N) is 5. The standard InChI is InChI=1S/C17H11N5S/c1-23-17-20-19-16-18-14-12-8-4-2-6-10(12)11-7-3-5-9-13(11)15(14)21-22(16)17/h2-9H,1H3. The molecule has 0 fully saturated rings. The summed E-state index contributed by atoms with van der Waals surface area (Å²) in [6.45, 7) is 0. The monoisotopic (exact) mass is 317 g/mol. The predicted octanol–water partition coefficient (Wildman–Crippen LogP) is 3.70. The van der Waals surface area contributed by atoms with Crippen LogP contribution in [-0.2, 0) is 0 Å². The number of aromatic nitrogens is 5.